The highest BCUT2D eigenvalue weighted by atomic mass is 16.4. The molecule has 0 aliphatic rings. The first kappa shape index (κ1) is 10.2. The summed E-state index contributed by atoms with van der Waals surface area (Å²) in [6.07, 6.45) is 0. The zero-order valence-corrected chi connectivity index (χ0v) is 8.42. The van der Waals surface area contributed by atoms with Crippen molar-refractivity contribution in [3.05, 3.63) is 48.2 Å². The minimum absolute atomic E-state index is 0.0443. The van der Waals surface area contributed by atoms with Crippen molar-refractivity contribution in [2.24, 2.45) is 0 Å². The molecule has 0 radical (unpaired) electrons. The molecule has 0 aliphatic carbocycles. The second-order valence-electron chi connectivity index (χ2n) is 3.30. The van der Waals surface area contributed by atoms with E-state index >= 15 is 0 Å². The molecule has 4 nitrogen and oxygen atoms in total. The van der Waals surface area contributed by atoms with E-state index in [1.807, 2.05) is 30.3 Å². The van der Waals surface area contributed by atoms with E-state index in [-0.39, 0.29) is 11.5 Å². The van der Waals surface area contributed by atoms with E-state index < -0.39 is 5.97 Å². The van der Waals surface area contributed by atoms with Crippen LogP contribution in [0.1, 0.15) is 10.5 Å². The number of aromatic carboxylic acids is 1. The van der Waals surface area contributed by atoms with Crippen LogP contribution >= 0.6 is 0 Å². The highest BCUT2D eigenvalue weighted by Crippen LogP contribution is 2.24. The van der Waals surface area contributed by atoms with Gasteiger partial charge in [0, 0.05) is 5.56 Å². The zero-order chi connectivity index (χ0) is 11.5. The van der Waals surface area contributed by atoms with Gasteiger partial charge in [0.2, 0.25) is 0 Å². The van der Waals surface area contributed by atoms with Crippen LogP contribution in [0.5, 0.6) is 0 Å². The molecule has 0 saturated carbocycles. The van der Waals surface area contributed by atoms with Crippen LogP contribution in [0, 0.1) is 0 Å². The van der Waals surface area contributed by atoms with Gasteiger partial charge in [-0.15, -0.1) is 0 Å². The normalized spacial score (nSPS) is 10.0. The fraction of sp³-hybridized carbons (Fsp3) is 0. The first-order valence-corrected chi connectivity index (χ1v) is 4.73. The Balaban J connectivity index is 2.48. The van der Waals surface area contributed by atoms with Crippen LogP contribution in [-0.2, 0) is 0 Å². The molecule has 1 aromatic heterocycles. The summed E-state index contributed by atoms with van der Waals surface area (Å²) in [5.41, 5.74) is 7.33. The summed E-state index contributed by atoms with van der Waals surface area (Å²) in [7, 11) is 0. The molecule has 0 atom stereocenters. The van der Waals surface area contributed by atoms with E-state index in [1.54, 1.807) is 6.07 Å². The lowest BCUT2D eigenvalue weighted by atomic mass is 10.1. The van der Waals surface area contributed by atoms with E-state index in [1.165, 1.54) is 6.07 Å². The van der Waals surface area contributed by atoms with Gasteiger partial charge in [0.1, 0.15) is 5.82 Å². The maximum atomic E-state index is 10.7. The quantitative estimate of drug-likeness (QED) is 0.801. The number of benzene rings is 1. The second-order valence-corrected chi connectivity index (χ2v) is 3.30. The number of hydrogen-bond donors (Lipinski definition) is 2. The van der Waals surface area contributed by atoms with Crippen LogP contribution in [0.15, 0.2) is 42.5 Å². The molecule has 3 N–H and O–H groups in total. The Morgan fingerprint density at radius 2 is 1.81 bits per heavy atom. The number of carboxylic acids is 1. The molecule has 0 aliphatic heterocycles. The third-order valence-corrected chi connectivity index (χ3v) is 2.23. The van der Waals surface area contributed by atoms with E-state index in [2.05, 4.69) is 4.98 Å². The molecule has 0 unspecified atom stereocenters. The van der Waals surface area contributed by atoms with E-state index in [0.717, 1.165) is 11.1 Å². The van der Waals surface area contributed by atoms with Gasteiger partial charge in [-0.3, -0.25) is 0 Å². The van der Waals surface area contributed by atoms with Crippen molar-refractivity contribution in [2.75, 3.05) is 5.73 Å². The summed E-state index contributed by atoms with van der Waals surface area (Å²) in [5, 5.41) is 8.75. The Hall–Kier alpha value is -2.36. The van der Waals surface area contributed by atoms with Crippen molar-refractivity contribution in [3.63, 3.8) is 0 Å². The smallest absolute Gasteiger partial charge is 0.354 e. The predicted octanol–water partition coefficient (Wildman–Crippen LogP) is 2.03. The third-order valence-electron chi connectivity index (χ3n) is 2.23. The molecule has 4 heteroatoms. The molecule has 0 amide bonds. The van der Waals surface area contributed by atoms with Crippen LogP contribution in [0.4, 0.5) is 5.82 Å². The number of anilines is 1. The number of nitrogen functional groups attached to an aromatic ring is 1. The molecule has 1 aromatic carbocycles. The average Bonchev–Trinajstić information content (AvgIpc) is 2.30. The number of hydrogen-bond acceptors (Lipinski definition) is 3. The molecular formula is C12H10N2O2. The third kappa shape index (κ3) is 1.86. The summed E-state index contributed by atoms with van der Waals surface area (Å²) in [6, 6.07) is 12.6. The first-order valence-electron chi connectivity index (χ1n) is 4.73. The van der Waals surface area contributed by atoms with Gasteiger partial charge in [-0.2, -0.15) is 0 Å². The zero-order valence-electron chi connectivity index (χ0n) is 8.42. The molecule has 1 heterocycles. The van der Waals surface area contributed by atoms with Crippen LogP contribution in [0.2, 0.25) is 0 Å². The highest BCUT2D eigenvalue weighted by molar-refractivity contribution is 5.87. The van der Waals surface area contributed by atoms with Gasteiger partial charge in [0.15, 0.2) is 5.69 Å². The fourth-order valence-corrected chi connectivity index (χ4v) is 1.46. The summed E-state index contributed by atoms with van der Waals surface area (Å²) < 4.78 is 0. The van der Waals surface area contributed by atoms with Crippen molar-refractivity contribution in [2.45, 2.75) is 0 Å². The number of pyridine rings is 1. The van der Waals surface area contributed by atoms with Crippen LogP contribution in [-0.4, -0.2) is 16.1 Å². The predicted molar refractivity (Wildman–Crippen MR) is 61.0 cm³/mol. The Labute approximate surface area is 92.4 Å². The molecule has 2 rings (SSSR count). The minimum Gasteiger partial charge on any atom is -0.477 e. The largest absolute Gasteiger partial charge is 0.477 e. The van der Waals surface area contributed by atoms with Crippen LogP contribution in [0.3, 0.4) is 0 Å². The minimum atomic E-state index is -1.08. The lowest BCUT2D eigenvalue weighted by Gasteiger charge is -2.05. The summed E-state index contributed by atoms with van der Waals surface area (Å²) in [5.74, 6) is -0.850. The second kappa shape index (κ2) is 4.02. The monoisotopic (exact) mass is 214 g/mol. The van der Waals surface area contributed by atoms with Gasteiger partial charge in [-0.25, -0.2) is 9.78 Å². The number of nitrogens with zero attached hydrogens (tertiary/aromatic N) is 1. The highest BCUT2D eigenvalue weighted by Gasteiger charge is 2.08. The summed E-state index contributed by atoms with van der Waals surface area (Å²) >= 11 is 0. The Bertz CT molecular complexity index is 524. The van der Waals surface area contributed by atoms with Crippen molar-refractivity contribution >= 4 is 11.8 Å². The molecule has 0 spiro atoms. The van der Waals surface area contributed by atoms with Crippen molar-refractivity contribution in [1.29, 1.82) is 0 Å². The number of carbonyl (C=O) groups is 1. The van der Waals surface area contributed by atoms with Crippen LogP contribution in [0.25, 0.3) is 11.1 Å². The number of aromatic nitrogens is 1. The van der Waals surface area contributed by atoms with Gasteiger partial charge < -0.3 is 10.8 Å². The summed E-state index contributed by atoms with van der Waals surface area (Å²) in [4.78, 5) is 14.5. The molecular weight excluding hydrogens is 204 g/mol. The molecule has 2 aromatic rings. The standard InChI is InChI=1S/C12H10N2O2/c13-11-9(8-4-2-1-3-5-8)6-7-10(14-11)12(15)16/h1-7H,(H2,13,14)(H,15,16). The lowest BCUT2D eigenvalue weighted by Crippen LogP contribution is -2.03. The fourth-order valence-electron chi connectivity index (χ4n) is 1.46. The number of rotatable bonds is 2. The number of nitrogens with two attached hydrogens (primary N) is 1. The number of carboxylic acid groups (broad SMARTS) is 1. The van der Waals surface area contributed by atoms with Gasteiger partial charge in [0.05, 0.1) is 0 Å². The molecule has 80 valence electrons. The van der Waals surface area contributed by atoms with Crippen molar-refractivity contribution in [3.8, 4) is 11.1 Å². The van der Waals surface area contributed by atoms with Crippen molar-refractivity contribution < 1.29 is 9.90 Å². The Morgan fingerprint density at radius 1 is 1.12 bits per heavy atom. The molecule has 0 bridgehead atoms. The average molecular weight is 214 g/mol. The topological polar surface area (TPSA) is 76.2 Å². The van der Waals surface area contributed by atoms with Gasteiger partial charge in [-0.1, -0.05) is 30.3 Å². The molecule has 0 fully saturated rings. The first-order chi connectivity index (χ1) is 7.68. The maximum absolute atomic E-state index is 10.7. The van der Waals surface area contributed by atoms with E-state index in [9.17, 15) is 4.79 Å². The lowest BCUT2D eigenvalue weighted by molar-refractivity contribution is 0.0690. The maximum Gasteiger partial charge on any atom is 0.354 e. The van der Waals surface area contributed by atoms with Gasteiger partial charge in [0.25, 0.3) is 0 Å². The van der Waals surface area contributed by atoms with Crippen molar-refractivity contribution in [1.82, 2.24) is 4.98 Å². The Kier molecular flexibility index (Phi) is 2.55. The van der Waals surface area contributed by atoms with Gasteiger partial charge >= 0.3 is 5.97 Å². The van der Waals surface area contributed by atoms with Crippen LogP contribution < -0.4 is 5.73 Å². The Morgan fingerprint density at radius 3 is 2.38 bits per heavy atom. The molecule has 0 saturated heterocycles. The SMILES string of the molecule is Nc1nc(C(=O)O)ccc1-c1ccccc1. The molecule has 16 heavy (non-hydrogen) atoms. The van der Waals surface area contributed by atoms with E-state index in [4.69, 9.17) is 10.8 Å². The van der Waals surface area contributed by atoms with Gasteiger partial charge in [-0.05, 0) is 17.7 Å². The van der Waals surface area contributed by atoms with E-state index in [0.29, 0.717) is 0 Å². The summed E-state index contributed by atoms with van der Waals surface area (Å²) in [6.45, 7) is 0.